The van der Waals surface area contributed by atoms with Gasteiger partial charge in [-0.25, -0.2) is 0 Å². The first-order chi connectivity index (χ1) is 4.81. The van der Waals surface area contributed by atoms with Crippen molar-refractivity contribution in [2.75, 3.05) is 0 Å². The van der Waals surface area contributed by atoms with Gasteiger partial charge in [-0.15, -0.1) is 0 Å². The van der Waals surface area contributed by atoms with Crippen molar-refractivity contribution in [2.24, 2.45) is 0 Å². The quantitative estimate of drug-likeness (QED) is 0.555. The van der Waals surface area contributed by atoms with E-state index in [1.807, 2.05) is 0 Å². The van der Waals surface area contributed by atoms with Gasteiger partial charge in [0.25, 0.3) is 9.76 Å². The molecule has 0 saturated heterocycles. The molecule has 1 nitrogen and oxygen atoms in total. The summed E-state index contributed by atoms with van der Waals surface area (Å²) in [7, 11) is 0.546. The molecular formula is C8H16OSi. The van der Waals surface area contributed by atoms with Crippen LogP contribution in [0, 0.1) is 0 Å². The molecule has 0 aromatic heterocycles. The highest BCUT2D eigenvalue weighted by molar-refractivity contribution is 6.34. The lowest BCUT2D eigenvalue weighted by Gasteiger charge is -2.06. The highest BCUT2D eigenvalue weighted by atomic mass is 28.2. The molecule has 0 bridgehead atoms. The molecule has 0 saturated carbocycles. The van der Waals surface area contributed by atoms with E-state index in [0.717, 1.165) is 12.8 Å². The van der Waals surface area contributed by atoms with E-state index in [9.17, 15) is 0 Å². The summed E-state index contributed by atoms with van der Waals surface area (Å²) in [5.41, 5.74) is 2.10. The second kappa shape index (κ2) is 7.03. The van der Waals surface area contributed by atoms with E-state index in [2.05, 4.69) is 32.5 Å². The Bertz CT molecular complexity index is 91.3. The van der Waals surface area contributed by atoms with Crippen LogP contribution in [0.1, 0.15) is 33.6 Å². The Balaban J connectivity index is 3.10. The Morgan fingerprint density at radius 2 is 2.20 bits per heavy atom. The molecule has 2 heteroatoms. The third kappa shape index (κ3) is 6.04. The lowest BCUT2D eigenvalue weighted by atomic mass is 10.3. The van der Waals surface area contributed by atoms with Gasteiger partial charge < -0.3 is 4.43 Å². The first-order valence-corrected chi connectivity index (χ1v) is 4.86. The number of allylic oxidation sites excluding steroid dienone is 1. The molecule has 58 valence electrons. The largest absolute Gasteiger partial charge is 0.409 e. The van der Waals surface area contributed by atoms with Crippen LogP contribution in [0.5, 0.6) is 0 Å². The van der Waals surface area contributed by atoms with E-state index in [0.29, 0.717) is 15.9 Å². The first-order valence-electron chi connectivity index (χ1n) is 3.87. The van der Waals surface area contributed by atoms with E-state index >= 15 is 0 Å². The number of hydrogen-bond acceptors (Lipinski definition) is 1. The van der Waals surface area contributed by atoms with Crippen molar-refractivity contribution in [1.82, 2.24) is 0 Å². The van der Waals surface area contributed by atoms with E-state index in [1.165, 1.54) is 0 Å². The monoisotopic (exact) mass is 156 g/mol. The molecule has 0 aromatic rings. The van der Waals surface area contributed by atoms with Gasteiger partial charge >= 0.3 is 0 Å². The van der Waals surface area contributed by atoms with Gasteiger partial charge in [0.05, 0.1) is 0 Å². The standard InChI is InChI=1S/C8H16OSi/c1-4-6-7-10-9-8(3)5-2/h6-8H,4-5H2,1-3H3/b7-6+. The lowest BCUT2D eigenvalue weighted by Crippen LogP contribution is -2.08. The van der Waals surface area contributed by atoms with Gasteiger partial charge in [-0.2, -0.15) is 0 Å². The molecule has 0 spiro atoms. The molecule has 0 aliphatic heterocycles. The Morgan fingerprint density at radius 3 is 2.70 bits per heavy atom. The van der Waals surface area contributed by atoms with Crippen LogP contribution in [0.4, 0.5) is 0 Å². The van der Waals surface area contributed by atoms with Gasteiger partial charge in [-0.1, -0.05) is 25.6 Å². The summed E-state index contributed by atoms with van der Waals surface area (Å²) >= 11 is 0. The molecule has 0 fully saturated rings. The molecule has 0 rings (SSSR count). The lowest BCUT2D eigenvalue weighted by molar-refractivity contribution is 0.233. The molecular weight excluding hydrogens is 140 g/mol. The van der Waals surface area contributed by atoms with Crippen LogP contribution in [0.15, 0.2) is 11.8 Å². The predicted octanol–water partition coefficient (Wildman–Crippen LogP) is 2.34. The Hall–Kier alpha value is -0.0831. The number of rotatable bonds is 5. The minimum atomic E-state index is 0.417. The fraction of sp³-hybridized carbons (Fsp3) is 0.750. The average molecular weight is 156 g/mol. The maximum atomic E-state index is 5.43. The van der Waals surface area contributed by atoms with Crippen LogP contribution in [0.2, 0.25) is 0 Å². The molecule has 0 amide bonds. The molecule has 2 radical (unpaired) electrons. The SMILES string of the molecule is CC/C=C/[Si]OC(C)CC. The van der Waals surface area contributed by atoms with Crippen molar-refractivity contribution >= 4 is 9.76 Å². The molecule has 1 atom stereocenters. The van der Waals surface area contributed by atoms with Gasteiger partial charge in [-0.05, 0) is 19.8 Å². The van der Waals surface area contributed by atoms with E-state index in [1.54, 1.807) is 0 Å². The zero-order chi connectivity index (χ0) is 7.82. The second-order valence-electron chi connectivity index (χ2n) is 2.27. The summed E-state index contributed by atoms with van der Waals surface area (Å²) in [6.45, 7) is 6.37. The van der Waals surface area contributed by atoms with Crippen LogP contribution in [0.25, 0.3) is 0 Å². The minimum absolute atomic E-state index is 0.417. The molecule has 0 aromatic carbocycles. The zero-order valence-electron chi connectivity index (χ0n) is 7.05. The van der Waals surface area contributed by atoms with Crippen LogP contribution in [-0.4, -0.2) is 15.9 Å². The average Bonchev–Trinajstić information content (AvgIpc) is 1.98. The number of hydrogen-bond donors (Lipinski definition) is 0. The first kappa shape index (κ1) is 9.92. The molecule has 10 heavy (non-hydrogen) atoms. The van der Waals surface area contributed by atoms with Crippen LogP contribution in [0.3, 0.4) is 0 Å². The van der Waals surface area contributed by atoms with Gasteiger partial charge in [0.1, 0.15) is 0 Å². The second-order valence-corrected chi connectivity index (χ2v) is 3.07. The van der Waals surface area contributed by atoms with Crippen LogP contribution in [-0.2, 0) is 4.43 Å². The fourth-order valence-corrected chi connectivity index (χ4v) is 1.21. The van der Waals surface area contributed by atoms with Crippen molar-refractivity contribution < 1.29 is 4.43 Å². The molecule has 1 unspecified atom stereocenters. The maximum Gasteiger partial charge on any atom is 0.260 e. The minimum Gasteiger partial charge on any atom is -0.409 e. The highest BCUT2D eigenvalue weighted by Gasteiger charge is 1.94. The third-order valence-electron chi connectivity index (χ3n) is 1.27. The fourth-order valence-electron chi connectivity index (χ4n) is 0.405. The summed E-state index contributed by atoms with van der Waals surface area (Å²) in [4.78, 5) is 0. The molecule has 0 aliphatic carbocycles. The normalized spacial score (nSPS) is 14.3. The van der Waals surface area contributed by atoms with Crippen LogP contribution < -0.4 is 0 Å². The maximum absolute atomic E-state index is 5.43. The van der Waals surface area contributed by atoms with Crippen molar-refractivity contribution in [3.8, 4) is 0 Å². The summed E-state index contributed by atoms with van der Waals surface area (Å²) in [6.07, 6.45) is 4.77. The van der Waals surface area contributed by atoms with Crippen LogP contribution >= 0.6 is 0 Å². The summed E-state index contributed by atoms with van der Waals surface area (Å²) < 4.78 is 5.43. The Kier molecular flexibility index (Phi) is 6.97. The van der Waals surface area contributed by atoms with Crippen molar-refractivity contribution in [3.63, 3.8) is 0 Å². The smallest absolute Gasteiger partial charge is 0.260 e. The highest BCUT2D eigenvalue weighted by Crippen LogP contribution is 1.93. The topological polar surface area (TPSA) is 9.23 Å². The van der Waals surface area contributed by atoms with Gasteiger partial charge in [0.2, 0.25) is 0 Å². The summed E-state index contributed by atoms with van der Waals surface area (Å²) in [5.74, 6) is 0. The Labute approximate surface area is 66.4 Å². The van der Waals surface area contributed by atoms with Crippen molar-refractivity contribution in [1.29, 1.82) is 0 Å². The van der Waals surface area contributed by atoms with Gasteiger partial charge in [-0.3, -0.25) is 0 Å². The van der Waals surface area contributed by atoms with E-state index in [4.69, 9.17) is 4.43 Å². The molecule has 0 aliphatic rings. The summed E-state index contributed by atoms with van der Waals surface area (Å²) in [6, 6.07) is 0. The predicted molar refractivity (Wildman–Crippen MR) is 46.0 cm³/mol. The van der Waals surface area contributed by atoms with Crippen molar-refractivity contribution in [2.45, 2.75) is 39.7 Å². The third-order valence-corrected chi connectivity index (χ3v) is 2.18. The molecule has 0 N–H and O–H groups in total. The van der Waals surface area contributed by atoms with E-state index < -0.39 is 0 Å². The molecule has 0 heterocycles. The van der Waals surface area contributed by atoms with Gasteiger partial charge in [0.15, 0.2) is 0 Å². The summed E-state index contributed by atoms with van der Waals surface area (Å²) in [5, 5.41) is 0. The van der Waals surface area contributed by atoms with Gasteiger partial charge in [0, 0.05) is 6.10 Å². The zero-order valence-corrected chi connectivity index (χ0v) is 8.05. The van der Waals surface area contributed by atoms with Crippen molar-refractivity contribution in [3.05, 3.63) is 11.8 Å². The Morgan fingerprint density at radius 1 is 1.50 bits per heavy atom. The van der Waals surface area contributed by atoms with E-state index in [-0.39, 0.29) is 0 Å².